The first-order chi connectivity index (χ1) is 26.5. The van der Waals surface area contributed by atoms with E-state index in [1.54, 1.807) is 52.0 Å². The van der Waals surface area contributed by atoms with Crippen LogP contribution in [0.25, 0.3) is 0 Å². The molecule has 0 aromatic heterocycles. The molecule has 3 rings (SSSR count). The van der Waals surface area contributed by atoms with Crippen LogP contribution < -0.4 is 16.1 Å². The van der Waals surface area contributed by atoms with Crippen molar-refractivity contribution < 1.29 is 53.9 Å². The highest BCUT2D eigenvalue weighted by atomic mass is 16.5. The maximum Gasteiger partial charge on any atom is 0.328 e. The largest absolute Gasteiger partial charge is 0.508 e. The molecule has 2 bridgehead atoms. The number of carboxylic acids is 1. The molecule has 306 valence electrons. The van der Waals surface area contributed by atoms with Crippen LogP contribution in [0.15, 0.2) is 72.4 Å². The van der Waals surface area contributed by atoms with Crippen molar-refractivity contribution >= 4 is 35.4 Å². The fraction of sp³-hybridized carbons (Fsp3) is 0.512. The number of aliphatic hydroxyl groups is 2. The maximum absolute atomic E-state index is 14.2. The van der Waals surface area contributed by atoms with Crippen LogP contribution in [-0.2, 0) is 39.9 Å². The lowest BCUT2D eigenvalue weighted by molar-refractivity contribution is -0.156. The average Bonchev–Trinajstić information content (AvgIpc) is 3.14. The van der Waals surface area contributed by atoms with Crippen LogP contribution in [0.4, 0.5) is 0 Å². The Balaban J connectivity index is 2.08. The number of aliphatic hydroxyl groups excluding tert-OH is 2. The van der Waals surface area contributed by atoms with Gasteiger partial charge in [-0.3, -0.25) is 24.2 Å². The van der Waals surface area contributed by atoms with E-state index in [-0.39, 0.29) is 43.8 Å². The van der Waals surface area contributed by atoms with Gasteiger partial charge in [-0.15, -0.1) is 0 Å². The smallest absolute Gasteiger partial charge is 0.328 e. The van der Waals surface area contributed by atoms with E-state index in [0.717, 1.165) is 6.08 Å². The summed E-state index contributed by atoms with van der Waals surface area (Å²) in [6.45, 7) is 8.16. The number of carboxylic acid groups (broad SMARTS) is 1. The van der Waals surface area contributed by atoms with Crippen molar-refractivity contribution in [3.8, 4) is 5.75 Å². The Morgan fingerprint density at radius 3 is 2.45 bits per heavy atom. The SMILES string of the molecule is CC(=O)CC[C@H]1C(=O)N[C@@H](C(C)C)C(=O)N[C@@H](Cc2cccc(O)c2)C(=O)N2CCCC(N2)C(=O)O[C@H](/C(C)=C/C=C/C(=O)O)C/C=C/C=C/[C@H](O)[C@H](C)[C@H]1O. The number of nitrogens with zero attached hydrogens (tertiary/aromatic N) is 1. The Labute approximate surface area is 327 Å². The number of hydrogen-bond donors (Lipinski definition) is 7. The molecular formula is C41H56N4O11. The summed E-state index contributed by atoms with van der Waals surface area (Å²) >= 11 is 0. The van der Waals surface area contributed by atoms with Crippen LogP contribution in [0.5, 0.6) is 5.75 Å². The number of esters is 1. The number of allylic oxidation sites excluding steroid dienone is 4. The highest BCUT2D eigenvalue weighted by Crippen LogP contribution is 2.24. The van der Waals surface area contributed by atoms with Gasteiger partial charge in [0.2, 0.25) is 11.8 Å². The van der Waals surface area contributed by atoms with Gasteiger partial charge in [-0.05, 0) is 62.3 Å². The third-order valence-corrected chi connectivity index (χ3v) is 9.85. The zero-order valence-electron chi connectivity index (χ0n) is 32.6. The number of phenols is 1. The molecule has 2 aliphatic heterocycles. The van der Waals surface area contributed by atoms with E-state index >= 15 is 0 Å². The summed E-state index contributed by atoms with van der Waals surface area (Å²) in [4.78, 5) is 78.7. The predicted octanol–water partition coefficient (Wildman–Crippen LogP) is 2.41. The number of aliphatic carboxylic acids is 1. The standard InChI is InChI=1S/C41H56N4O11/c1-24(2)36-39(53)42-32(23-28-13-10-14-29(47)22-28)40(54)45-21-11-15-31(44-45)41(55)56-34(25(3)12-9-18-35(49)50)17-8-6-7-16-33(48)27(5)37(51)30(38(52)43-36)20-19-26(4)46/h6-10,12-14,16,18,22,24,27,30-34,36-37,44,47-48,51H,11,15,17,19-21,23H2,1-5H3,(H,42,53)(H,43,52)(H,49,50)/b8-6+,16-7+,18-9+,25-12+/t27-,30+,31?,32-,33-,34-,36-,37+/m0/s1. The Bertz CT molecular complexity index is 1690. The minimum Gasteiger partial charge on any atom is -0.508 e. The quantitative estimate of drug-likeness (QED) is 0.109. The molecule has 7 N–H and O–H groups in total. The molecule has 8 atom stereocenters. The molecule has 2 aliphatic rings. The number of carbonyl (C=O) groups is 6. The van der Waals surface area contributed by atoms with E-state index in [2.05, 4.69) is 16.1 Å². The molecule has 1 aromatic carbocycles. The first-order valence-electron chi connectivity index (χ1n) is 18.9. The minimum absolute atomic E-state index is 0.0366. The second kappa shape index (κ2) is 21.8. The monoisotopic (exact) mass is 780 g/mol. The van der Waals surface area contributed by atoms with Crippen LogP contribution in [0.3, 0.4) is 0 Å². The number of cyclic esters (lactones) is 1. The summed E-state index contributed by atoms with van der Waals surface area (Å²) < 4.78 is 5.90. The number of rotatable bonds is 9. The van der Waals surface area contributed by atoms with Gasteiger partial charge in [-0.2, -0.15) is 0 Å². The van der Waals surface area contributed by atoms with E-state index in [9.17, 15) is 44.1 Å². The van der Waals surface area contributed by atoms with Crippen molar-refractivity contribution in [3.63, 3.8) is 0 Å². The number of ether oxygens (including phenoxy) is 1. The molecule has 1 saturated heterocycles. The van der Waals surface area contributed by atoms with Crippen molar-refractivity contribution in [2.75, 3.05) is 6.54 Å². The minimum atomic E-state index is -1.43. The van der Waals surface area contributed by atoms with Crippen molar-refractivity contribution in [2.45, 2.75) is 110 Å². The molecule has 1 fully saturated rings. The number of nitrogens with one attached hydrogen (secondary N) is 3. The molecule has 2 heterocycles. The normalized spacial score (nSPS) is 29.1. The van der Waals surface area contributed by atoms with Gasteiger partial charge in [0.25, 0.3) is 5.91 Å². The topological polar surface area (TPSA) is 232 Å². The number of ketones is 1. The summed E-state index contributed by atoms with van der Waals surface area (Å²) in [6, 6.07) is 2.82. The number of carbonyl (C=O) groups excluding carboxylic acids is 5. The lowest BCUT2D eigenvalue weighted by Crippen LogP contribution is -2.62. The van der Waals surface area contributed by atoms with Crippen LogP contribution >= 0.6 is 0 Å². The van der Waals surface area contributed by atoms with E-state index < -0.39 is 83.9 Å². The van der Waals surface area contributed by atoms with Gasteiger partial charge < -0.3 is 40.6 Å². The van der Waals surface area contributed by atoms with Gasteiger partial charge in [0.15, 0.2) is 0 Å². The summed E-state index contributed by atoms with van der Waals surface area (Å²) in [7, 11) is 0. The fourth-order valence-electron chi connectivity index (χ4n) is 6.44. The molecule has 3 amide bonds. The number of aromatic hydroxyl groups is 1. The van der Waals surface area contributed by atoms with Crippen molar-refractivity contribution in [2.24, 2.45) is 17.8 Å². The number of hydrazine groups is 1. The molecule has 56 heavy (non-hydrogen) atoms. The second-order valence-electron chi connectivity index (χ2n) is 14.7. The molecule has 0 saturated carbocycles. The molecule has 15 heteroatoms. The first-order valence-corrected chi connectivity index (χ1v) is 18.9. The summed E-state index contributed by atoms with van der Waals surface area (Å²) in [6.07, 6.45) is 7.24. The second-order valence-corrected chi connectivity index (χ2v) is 14.7. The molecule has 1 aromatic rings. The summed E-state index contributed by atoms with van der Waals surface area (Å²) in [5.41, 5.74) is 4.00. The summed E-state index contributed by atoms with van der Waals surface area (Å²) in [5.74, 6) is -6.66. The molecular weight excluding hydrogens is 724 g/mol. The van der Waals surface area contributed by atoms with Crippen LogP contribution in [0.1, 0.15) is 72.3 Å². The highest BCUT2D eigenvalue weighted by molar-refractivity contribution is 5.93. The third-order valence-electron chi connectivity index (χ3n) is 9.85. The van der Waals surface area contributed by atoms with E-state index in [4.69, 9.17) is 9.84 Å². The number of Topliss-reactive ketones (excluding diaryl/α,β-unsaturated/α-hetero) is 1. The highest BCUT2D eigenvalue weighted by Gasteiger charge is 2.38. The number of phenolic OH excluding ortho intramolecular Hbond substituents is 1. The van der Waals surface area contributed by atoms with Crippen molar-refractivity contribution in [1.29, 1.82) is 0 Å². The van der Waals surface area contributed by atoms with Crippen molar-refractivity contribution in [3.05, 3.63) is 77.9 Å². The Morgan fingerprint density at radius 1 is 1.05 bits per heavy atom. The average molecular weight is 781 g/mol. The predicted molar refractivity (Wildman–Crippen MR) is 206 cm³/mol. The number of amides is 3. The van der Waals surface area contributed by atoms with E-state index in [1.165, 1.54) is 48.4 Å². The third kappa shape index (κ3) is 13.9. The van der Waals surface area contributed by atoms with E-state index in [0.29, 0.717) is 24.0 Å². The van der Waals surface area contributed by atoms with Crippen molar-refractivity contribution in [1.82, 2.24) is 21.1 Å². The molecule has 1 unspecified atom stereocenters. The number of benzene rings is 1. The lowest BCUT2D eigenvalue weighted by Gasteiger charge is -2.36. The van der Waals surface area contributed by atoms with E-state index in [1.807, 2.05) is 0 Å². The Kier molecular flexibility index (Phi) is 17.7. The summed E-state index contributed by atoms with van der Waals surface area (Å²) in [5, 5.41) is 48.3. The Hall–Kier alpha value is -5.12. The molecule has 0 radical (unpaired) electrons. The van der Waals surface area contributed by atoms with Crippen LogP contribution in [0, 0.1) is 17.8 Å². The van der Waals surface area contributed by atoms with Gasteiger partial charge >= 0.3 is 11.9 Å². The first kappa shape index (κ1) is 45.3. The van der Waals surface area contributed by atoms with Gasteiger partial charge in [0, 0.05) is 37.8 Å². The molecule has 0 aliphatic carbocycles. The van der Waals surface area contributed by atoms with Gasteiger partial charge in [0.1, 0.15) is 35.8 Å². The van der Waals surface area contributed by atoms with Crippen LogP contribution in [-0.4, -0.2) is 104 Å². The zero-order valence-corrected chi connectivity index (χ0v) is 32.6. The lowest BCUT2D eigenvalue weighted by atomic mass is 9.84. The molecule has 15 nitrogen and oxygen atoms in total. The number of fused-ring (bicyclic) bond motifs is 2. The van der Waals surface area contributed by atoms with Gasteiger partial charge in [-0.25, -0.2) is 10.2 Å². The maximum atomic E-state index is 14.2. The molecule has 0 spiro atoms. The van der Waals surface area contributed by atoms with Crippen LogP contribution in [0.2, 0.25) is 0 Å². The Morgan fingerprint density at radius 2 is 1.79 bits per heavy atom. The van der Waals surface area contributed by atoms with Gasteiger partial charge in [-0.1, -0.05) is 69.4 Å². The fourth-order valence-corrected chi connectivity index (χ4v) is 6.44. The van der Waals surface area contributed by atoms with Gasteiger partial charge in [0.05, 0.1) is 18.1 Å². The number of hydrogen-bond acceptors (Lipinski definition) is 11. The zero-order chi connectivity index (χ0) is 41.5.